The van der Waals surface area contributed by atoms with Gasteiger partial charge < -0.3 is 24.8 Å². The number of phenols is 1. The maximum Gasteiger partial charge on any atom is 0.341 e. The van der Waals surface area contributed by atoms with Crippen molar-refractivity contribution < 1.29 is 29.0 Å². The van der Waals surface area contributed by atoms with E-state index in [1.54, 1.807) is 31.4 Å². The van der Waals surface area contributed by atoms with Crippen LogP contribution in [0.25, 0.3) is 0 Å². The Morgan fingerprint density at radius 1 is 1.14 bits per heavy atom. The van der Waals surface area contributed by atoms with E-state index in [2.05, 4.69) is 10.1 Å². The summed E-state index contributed by atoms with van der Waals surface area (Å²) >= 11 is 0. The fraction of sp³-hybridized carbons (Fsp3) is 0.250. The number of nitrogens with zero attached hydrogens (tertiary/aromatic N) is 1. The quantitative estimate of drug-likeness (QED) is 0.605. The highest BCUT2D eigenvalue weighted by atomic mass is 16.5. The largest absolute Gasteiger partial charge is 0.505 e. The Kier molecular flexibility index (Phi) is 5.49. The molecule has 2 aromatic carbocycles. The van der Waals surface area contributed by atoms with Crippen molar-refractivity contribution in [3.63, 3.8) is 0 Å². The van der Waals surface area contributed by atoms with Gasteiger partial charge in [0.25, 0.3) is 0 Å². The third kappa shape index (κ3) is 3.75. The number of methoxy groups -OCH3 is 2. The van der Waals surface area contributed by atoms with Gasteiger partial charge in [0.05, 0.1) is 25.8 Å². The molecule has 1 aliphatic heterocycles. The third-order valence-corrected chi connectivity index (χ3v) is 4.58. The minimum atomic E-state index is -0.713. The van der Waals surface area contributed by atoms with Gasteiger partial charge in [0, 0.05) is 18.7 Å². The lowest BCUT2D eigenvalue weighted by Gasteiger charge is -2.17. The van der Waals surface area contributed by atoms with Crippen LogP contribution in [0.5, 0.6) is 11.5 Å². The molecule has 8 heteroatoms. The normalized spacial score (nSPS) is 16.0. The molecular formula is C20H20N2O6. The predicted octanol–water partition coefficient (Wildman–Crippen LogP) is 2.18. The first-order valence-electron chi connectivity index (χ1n) is 8.60. The number of hydrogen-bond donors (Lipinski definition) is 2. The average Bonchev–Trinajstić information content (AvgIpc) is 3.11. The first-order valence-corrected chi connectivity index (χ1v) is 8.60. The van der Waals surface area contributed by atoms with Crippen LogP contribution in [0.4, 0.5) is 11.4 Å². The van der Waals surface area contributed by atoms with Gasteiger partial charge >= 0.3 is 5.97 Å². The third-order valence-electron chi connectivity index (χ3n) is 4.58. The summed E-state index contributed by atoms with van der Waals surface area (Å²) in [4.78, 5) is 38.2. The Morgan fingerprint density at radius 2 is 1.86 bits per heavy atom. The first kappa shape index (κ1) is 19.2. The number of esters is 1. The molecule has 2 N–H and O–H groups in total. The molecule has 8 nitrogen and oxygen atoms in total. The van der Waals surface area contributed by atoms with E-state index in [1.165, 1.54) is 30.2 Å². The van der Waals surface area contributed by atoms with Gasteiger partial charge in [-0.05, 0) is 36.4 Å². The Bertz CT molecular complexity index is 909. The Hall–Kier alpha value is -3.55. The Morgan fingerprint density at radius 3 is 2.50 bits per heavy atom. The SMILES string of the molecule is COC(=O)c1cccc(NC(=O)C2CC(=O)N(c3ccc(OC)cc3)C2)c1O. The number of carbonyl (C=O) groups excluding carboxylic acids is 3. The van der Waals surface area contributed by atoms with Gasteiger partial charge in [0.1, 0.15) is 11.3 Å². The second-order valence-corrected chi connectivity index (χ2v) is 6.29. The van der Waals surface area contributed by atoms with Gasteiger partial charge in [-0.3, -0.25) is 9.59 Å². The number of rotatable bonds is 5. The minimum Gasteiger partial charge on any atom is -0.505 e. The lowest BCUT2D eigenvalue weighted by atomic mass is 10.1. The van der Waals surface area contributed by atoms with Gasteiger partial charge in [-0.2, -0.15) is 0 Å². The molecule has 0 bridgehead atoms. The van der Waals surface area contributed by atoms with Crippen LogP contribution in [-0.4, -0.2) is 43.7 Å². The zero-order chi connectivity index (χ0) is 20.3. The monoisotopic (exact) mass is 384 g/mol. The second kappa shape index (κ2) is 7.99. The van der Waals surface area contributed by atoms with Crippen molar-refractivity contribution in [2.24, 2.45) is 5.92 Å². The van der Waals surface area contributed by atoms with Crippen molar-refractivity contribution in [2.75, 3.05) is 31.0 Å². The highest BCUT2D eigenvalue weighted by molar-refractivity contribution is 6.05. The number of amides is 2. The summed E-state index contributed by atoms with van der Waals surface area (Å²) in [6, 6.07) is 11.4. The molecule has 0 aromatic heterocycles. The average molecular weight is 384 g/mol. The van der Waals surface area contributed by atoms with E-state index >= 15 is 0 Å². The number of carbonyl (C=O) groups is 3. The molecule has 0 spiro atoms. The molecule has 1 unspecified atom stereocenters. The van der Waals surface area contributed by atoms with Gasteiger partial charge in [0.2, 0.25) is 11.8 Å². The molecule has 1 fully saturated rings. The molecule has 0 saturated carbocycles. The summed E-state index contributed by atoms with van der Waals surface area (Å²) < 4.78 is 9.70. The molecule has 3 rings (SSSR count). The highest BCUT2D eigenvalue weighted by Crippen LogP contribution is 2.31. The summed E-state index contributed by atoms with van der Waals surface area (Å²) in [6.45, 7) is 0.217. The summed E-state index contributed by atoms with van der Waals surface area (Å²) in [6.07, 6.45) is 0.0509. The molecule has 1 atom stereocenters. The standard InChI is InChI=1S/C20H20N2O6/c1-27-14-8-6-13(7-9-14)22-11-12(10-17(22)23)19(25)21-16-5-3-4-15(18(16)24)20(26)28-2/h3-9,12,24H,10-11H2,1-2H3,(H,21,25). The number of para-hydroxylation sites is 1. The van der Waals surface area contributed by atoms with E-state index in [0.29, 0.717) is 11.4 Å². The maximum atomic E-state index is 12.6. The molecule has 0 radical (unpaired) electrons. The summed E-state index contributed by atoms with van der Waals surface area (Å²) in [7, 11) is 2.76. The summed E-state index contributed by atoms with van der Waals surface area (Å²) in [5.74, 6) is -1.59. The summed E-state index contributed by atoms with van der Waals surface area (Å²) in [5.41, 5.74) is 0.711. The predicted molar refractivity (Wildman–Crippen MR) is 102 cm³/mol. The van der Waals surface area contributed by atoms with Crippen LogP contribution in [0.15, 0.2) is 42.5 Å². The molecule has 28 heavy (non-hydrogen) atoms. The van der Waals surface area contributed by atoms with Crippen molar-refractivity contribution in [3.05, 3.63) is 48.0 Å². The molecule has 1 aliphatic rings. The number of anilines is 2. The van der Waals surface area contributed by atoms with Gasteiger partial charge in [-0.15, -0.1) is 0 Å². The van der Waals surface area contributed by atoms with Crippen LogP contribution in [0.3, 0.4) is 0 Å². The number of benzene rings is 2. The number of aromatic hydroxyl groups is 1. The molecule has 2 aromatic rings. The number of phenolic OH excluding ortho intramolecular Hbond substituents is 1. The van der Waals surface area contributed by atoms with Crippen molar-refractivity contribution in [1.82, 2.24) is 0 Å². The van der Waals surface area contributed by atoms with E-state index in [4.69, 9.17) is 4.74 Å². The van der Waals surface area contributed by atoms with Crippen LogP contribution in [0.2, 0.25) is 0 Å². The molecule has 146 valence electrons. The van der Waals surface area contributed by atoms with Crippen LogP contribution in [0, 0.1) is 5.92 Å². The smallest absolute Gasteiger partial charge is 0.341 e. The Balaban J connectivity index is 1.72. The van der Waals surface area contributed by atoms with Crippen LogP contribution >= 0.6 is 0 Å². The second-order valence-electron chi connectivity index (χ2n) is 6.29. The lowest BCUT2D eigenvalue weighted by Crippen LogP contribution is -2.28. The zero-order valence-electron chi connectivity index (χ0n) is 15.5. The minimum absolute atomic E-state index is 0.0509. The van der Waals surface area contributed by atoms with Crippen LogP contribution < -0.4 is 15.0 Å². The van der Waals surface area contributed by atoms with Crippen LogP contribution in [0.1, 0.15) is 16.8 Å². The number of hydrogen-bond acceptors (Lipinski definition) is 6. The summed E-state index contributed by atoms with van der Waals surface area (Å²) in [5, 5.41) is 12.8. The molecule has 2 amide bonds. The van der Waals surface area contributed by atoms with E-state index in [1.807, 2.05) is 0 Å². The lowest BCUT2D eigenvalue weighted by molar-refractivity contribution is -0.122. The topological polar surface area (TPSA) is 105 Å². The van der Waals surface area contributed by atoms with Crippen molar-refractivity contribution in [2.45, 2.75) is 6.42 Å². The van der Waals surface area contributed by atoms with Crippen LogP contribution in [-0.2, 0) is 14.3 Å². The molecule has 0 aliphatic carbocycles. The van der Waals surface area contributed by atoms with E-state index in [9.17, 15) is 19.5 Å². The van der Waals surface area contributed by atoms with E-state index in [0.717, 1.165) is 0 Å². The first-order chi connectivity index (χ1) is 13.4. The number of nitrogens with one attached hydrogen (secondary N) is 1. The van der Waals surface area contributed by atoms with Crippen molar-refractivity contribution in [3.8, 4) is 11.5 Å². The molecule has 1 saturated heterocycles. The molecule has 1 heterocycles. The number of ether oxygens (including phenoxy) is 2. The van der Waals surface area contributed by atoms with Gasteiger partial charge in [-0.1, -0.05) is 6.07 Å². The van der Waals surface area contributed by atoms with Crippen molar-refractivity contribution in [1.29, 1.82) is 0 Å². The fourth-order valence-corrected chi connectivity index (χ4v) is 3.05. The van der Waals surface area contributed by atoms with E-state index in [-0.39, 0.29) is 35.9 Å². The Labute approximate surface area is 161 Å². The zero-order valence-corrected chi connectivity index (χ0v) is 15.5. The van der Waals surface area contributed by atoms with Gasteiger partial charge in [0.15, 0.2) is 5.75 Å². The van der Waals surface area contributed by atoms with E-state index < -0.39 is 17.8 Å². The fourth-order valence-electron chi connectivity index (χ4n) is 3.05. The van der Waals surface area contributed by atoms with Gasteiger partial charge in [-0.25, -0.2) is 4.79 Å². The highest BCUT2D eigenvalue weighted by Gasteiger charge is 2.35. The molecular weight excluding hydrogens is 364 g/mol. The van der Waals surface area contributed by atoms with Crippen molar-refractivity contribution >= 4 is 29.2 Å². The maximum absolute atomic E-state index is 12.6.